The summed E-state index contributed by atoms with van der Waals surface area (Å²) >= 11 is 3.43. The van der Waals surface area contributed by atoms with E-state index in [4.69, 9.17) is 0 Å². The lowest BCUT2D eigenvalue weighted by molar-refractivity contribution is 1.31. The molecule has 3 aromatic rings. The van der Waals surface area contributed by atoms with Crippen molar-refractivity contribution in [1.29, 1.82) is 0 Å². The molecule has 1 aromatic carbocycles. The minimum atomic E-state index is -0.0689. The zero-order valence-electron chi connectivity index (χ0n) is 9.35. The molecule has 0 atom stereocenters. The monoisotopic (exact) mass is 300 g/mol. The molecule has 18 heavy (non-hydrogen) atoms. The van der Waals surface area contributed by atoms with Crippen molar-refractivity contribution in [1.82, 2.24) is 9.97 Å². The third-order valence-electron chi connectivity index (χ3n) is 2.72. The first-order valence-electron chi connectivity index (χ1n) is 5.48. The summed E-state index contributed by atoms with van der Waals surface area (Å²) in [7, 11) is 0. The van der Waals surface area contributed by atoms with Crippen LogP contribution in [-0.4, -0.2) is 9.97 Å². The fourth-order valence-corrected chi connectivity index (χ4v) is 2.26. The van der Waals surface area contributed by atoms with Crippen LogP contribution < -0.4 is 5.43 Å². The predicted octanol–water partition coefficient (Wildman–Crippen LogP) is 3.35. The van der Waals surface area contributed by atoms with Gasteiger partial charge in [0.1, 0.15) is 5.52 Å². The van der Waals surface area contributed by atoms with Crippen molar-refractivity contribution in [2.45, 2.75) is 0 Å². The van der Waals surface area contributed by atoms with E-state index < -0.39 is 0 Å². The molecular formula is C14H9BrN2O. The molecule has 0 saturated carbocycles. The minimum absolute atomic E-state index is 0.0689. The van der Waals surface area contributed by atoms with Gasteiger partial charge in [-0.1, -0.05) is 28.1 Å². The molecule has 0 aliphatic carbocycles. The van der Waals surface area contributed by atoms with Crippen molar-refractivity contribution < 1.29 is 0 Å². The maximum atomic E-state index is 11.7. The summed E-state index contributed by atoms with van der Waals surface area (Å²) in [6, 6.07) is 13.1. The zero-order valence-corrected chi connectivity index (χ0v) is 10.9. The lowest BCUT2D eigenvalue weighted by Gasteiger charge is -2.03. The van der Waals surface area contributed by atoms with Crippen molar-refractivity contribution in [2.75, 3.05) is 0 Å². The Morgan fingerprint density at radius 2 is 2.00 bits per heavy atom. The Bertz CT molecular complexity index is 780. The van der Waals surface area contributed by atoms with E-state index in [1.165, 1.54) is 6.07 Å². The number of H-pyrrole nitrogens is 1. The smallest absolute Gasteiger partial charge is 0.207 e. The van der Waals surface area contributed by atoms with Gasteiger partial charge in [0.25, 0.3) is 0 Å². The first-order chi connectivity index (χ1) is 8.74. The fourth-order valence-electron chi connectivity index (χ4n) is 1.86. The molecule has 0 saturated heterocycles. The standard InChI is InChI=1S/C14H9BrN2O/c15-10-3-1-2-9(8-10)11-4-5-12-14(17-11)13(18)6-7-16-12/h1-8H,(H,16,18). The van der Waals surface area contributed by atoms with E-state index in [0.29, 0.717) is 5.52 Å². The highest BCUT2D eigenvalue weighted by atomic mass is 79.9. The number of benzene rings is 1. The number of pyridine rings is 2. The van der Waals surface area contributed by atoms with Crippen LogP contribution >= 0.6 is 15.9 Å². The second-order valence-electron chi connectivity index (χ2n) is 3.94. The topological polar surface area (TPSA) is 45.8 Å². The molecule has 2 heterocycles. The predicted molar refractivity (Wildman–Crippen MR) is 75.5 cm³/mol. The van der Waals surface area contributed by atoms with E-state index in [-0.39, 0.29) is 5.43 Å². The van der Waals surface area contributed by atoms with E-state index >= 15 is 0 Å². The molecule has 0 radical (unpaired) electrons. The lowest BCUT2D eigenvalue weighted by atomic mass is 10.1. The van der Waals surface area contributed by atoms with E-state index in [2.05, 4.69) is 25.9 Å². The zero-order chi connectivity index (χ0) is 12.5. The lowest BCUT2D eigenvalue weighted by Crippen LogP contribution is -2.02. The molecule has 0 bridgehead atoms. The molecule has 2 aromatic heterocycles. The summed E-state index contributed by atoms with van der Waals surface area (Å²) in [4.78, 5) is 19.2. The highest BCUT2D eigenvalue weighted by molar-refractivity contribution is 9.10. The third-order valence-corrected chi connectivity index (χ3v) is 3.22. The van der Waals surface area contributed by atoms with Crippen LogP contribution in [0.25, 0.3) is 22.3 Å². The Labute approximate surface area is 112 Å². The number of hydrogen-bond donors (Lipinski definition) is 1. The molecule has 88 valence electrons. The third kappa shape index (κ3) is 1.95. The summed E-state index contributed by atoms with van der Waals surface area (Å²) in [5.41, 5.74) is 2.92. The molecular weight excluding hydrogens is 292 g/mol. The largest absolute Gasteiger partial charge is 0.360 e. The molecule has 0 amide bonds. The van der Waals surface area contributed by atoms with Crippen LogP contribution in [0.2, 0.25) is 0 Å². The van der Waals surface area contributed by atoms with Crippen molar-refractivity contribution in [2.24, 2.45) is 0 Å². The van der Waals surface area contributed by atoms with Gasteiger partial charge >= 0.3 is 0 Å². The minimum Gasteiger partial charge on any atom is -0.360 e. The summed E-state index contributed by atoms with van der Waals surface area (Å²) in [5, 5.41) is 0. The van der Waals surface area contributed by atoms with Gasteiger partial charge in [-0.2, -0.15) is 0 Å². The van der Waals surface area contributed by atoms with Crippen molar-refractivity contribution >= 4 is 27.0 Å². The number of aromatic amines is 1. The second kappa shape index (κ2) is 4.38. The van der Waals surface area contributed by atoms with Crippen LogP contribution in [0.15, 0.2) is 57.9 Å². The van der Waals surface area contributed by atoms with E-state index in [1.54, 1.807) is 6.20 Å². The maximum absolute atomic E-state index is 11.7. The summed E-state index contributed by atoms with van der Waals surface area (Å²) in [6.07, 6.45) is 1.63. The number of rotatable bonds is 1. The normalized spacial score (nSPS) is 10.7. The van der Waals surface area contributed by atoms with Gasteiger partial charge < -0.3 is 4.98 Å². The van der Waals surface area contributed by atoms with Crippen molar-refractivity contribution in [3.8, 4) is 11.3 Å². The number of nitrogens with zero attached hydrogens (tertiary/aromatic N) is 1. The van der Waals surface area contributed by atoms with Gasteiger partial charge in [-0.3, -0.25) is 4.79 Å². The average Bonchev–Trinajstić information content (AvgIpc) is 2.39. The number of halogens is 1. The van der Waals surface area contributed by atoms with Crippen LogP contribution in [0, 0.1) is 0 Å². The quantitative estimate of drug-likeness (QED) is 0.749. The summed E-state index contributed by atoms with van der Waals surface area (Å²) < 4.78 is 0.990. The highest BCUT2D eigenvalue weighted by Gasteiger charge is 2.04. The van der Waals surface area contributed by atoms with Gasteiger partial charge in [0.15, 0.2) is 0 Å². The Morgan fingerprint density at radius 3 is 2.83 bits per heavy atom. The van der Waals surface area contributed by atoms with Gasteiger partial charge in [-0.15, -0.1) is 0 Å². The molecule has 4 heteroatoms. The van der Waals surface area contributed by atoms with E-state index in [0.717, 1.165) is 21.2 Å². The highest BCUT2D eigenvalue weighted by Crippen LogP contribution is 2.22. The number of aromatic nitrogens is 2. The van der Waals surface area contributed by atoms with Gasteiger partial charge in [-0.05, 0) is 24.3 Å². The molecule has 0 fully saturated rings. The first-order valence-corrected chi connectivity index (χ1v) is 6.28. The van der Waals surface area contributed by atoms with Crippen molar-refractivity contribution in [3.63, 3.8) is 0 Å². The Morgan fingerprint density at radius 1 is 1.11 bits per heavy atom. The second-order valence-corrected chi connectivity index (χ2v) is 4.86. The molecule has 1 N–H and O–H groups in total. The van der Waals surface area contributed by atoms with Crippen LogP contribution in [0.4, 0.5) is 0 Å². The van der Waals surface area contributed by atoms with Gasteiger partial charge in [0.2, 0.25) is 5.43 Å². The fraction of sp³-hybridized carbons (Fsp3) is 0. The van der Waals surface area contributed by atoms with Crippen molar-refractivity contribution in [3.05, 3.63) is 63.4 Å². The number of nitrogens with one attached hydrogen (secondary N) is 1. The maximum Gasteiger partial charge on any atom is 0.207 e. The number of fused-ring (bicyclic) bond motifs is 1. The average molecular weight is 301 g/mol. The van der Waals surface area contributed by atoms with Gasteiger partial charge in [0, 0.05) is 22.3 Å². The number of hydrogen-bond acceptors (Lipinski definition) is 2. The van der Waals surface area contributed by atoms with E-state index in [1.807, 2.05) is 36.4 Å². The molecule has 3 rings (SSSR count). The molecule has 0 aliphatic heterocycles. The van der Waals surface area contributed by atoms with Crippen LogP contribution in [-0.2, 0) is 0 Å². The molecule has 0 unspecified atom stereocenters. The van der Waals surface area contributed by atoms with Gasteiger partial charge in [0.05, 0.1) is 11.2 Å². The molecule has 0 spiro atoms. The Hall–Kier alpha value is -1.94. The van der Waals surface area contributed by atoms with Gasteiger partial charge in [-0.25, -0.2) is 4.98 Å². The Kier molecular flexibility index (Phi) is 2.72. The first kappa shape index (κ1) is 11.2. The molecule has 3 nitrogen and oxygen atoms in total. The summed E-state index contributed by atoms with van der Waals surface area (Å²) in [5.74, 6) is 0. The van der Waals surface area contributed by atoms with Crippen LogP contribution in [0.1, 0.15) is 0 Å². The van der Waals surface area contributed by atoms with Crippen LogP contribution in [0.3, 0.4) is 0 Å². The Balaban J connectivity index is 2.25. The summed E-state index contributed by atoms with van der Waals surface area (Å²) in [6.45, 7) is 0. The van der Waals surface area contributed by atoms with Crippen LogP contribution in [0.5, 0.6) is 0 Å². The molecule has 0 aliphatic rings. The van der Waals surface area contributed by atoms with E-state index in [9.17, 15) is 4.79 Å². The SMILES string of the molecule is O=c1cc[nH]c2ccc(-c3cccc(Br)c3)nc12.